The molecule has 0 saturated heterocycles. The number of nitro groups is 1. The molecule has 7 heteroatoms. The highest BCUT2D eigenvalue weighted by Crippen LogP contribution is 2.31. The number of benzene rings is 1. The zero-order valence-corrected chi connectivity index (χ0v) is 9.52. The van der Waals surface area contributed by atoms with Crippen molar-refractivity contribution in [3.05, 3.63) is 58.4 Å². The third-order valence-corrected chi connectivity index (χ3v) is 2.26. The van der Waals surface area contributed by atoms with Crippen LogP contribution in [0.5, 0.6) is 11.5 Å². The molecule has 0 spiro atoms. The van der Waals surface area contributed by atoms with E-state index in [9.17, 15) is 14.9 Å². The van der Waals surface area contributed by atoms with Gasteiger partial charge in [-0.05, 0) is 18.2 Å². The van der Waals surface area contributed by atoms with Crippen LogP contribution in [0.15, 0.2) is 42.6 Å². The lowest BCUT2D eigenvalue weighted by molar-refractivity contribution is -0.385. The maximum Gasteiger partial charge on any atom is 0.358 e. The first-order valence-corrected chi connectivity index (χ1v) is 5.19. The second-order valence-electron chi connectivity index (χ2n) is 3.48. The Labute approximate surface area is 107 Å². The molecule has 0 fully saturated rings. The van der Waals surface area contributed by atoms with Gasteiger partial charge in [-0.3, -0.25) is 10.1 Å². The Balaban J connectivity index is 2.42. The molecule has 0 bridgehead atoms. The molecular weight excluding hydrogens is 252 g/mol. The van der Waals surface area contributed by atoms with Crippen LogP contribution in [0.2, 0.25) is 0 Å². The van der Waals surface area contributed by atoms with Crippen LogP contribution in [0.3, 0.4) is 0 Å². The van der Waals surface area contributed by atoms with Crippen LogP contribution in [-0.4, -0.2) is 21.0 Å². The summed E-state index contributed by atoms with van der Waals surface area (Å²) >= 11 is 0. The molecule has 0 aliphatic heterocycles. The predicted octanol–water partition coefficient (Wildman–Crippen LogP) is 2.48. The third-order valence-electron chi connectivity index (χ3n) is 2.26. The first kappa shape index (κ1) is 12.5. The van der Waals surface area contributed by atoms with E-state index < -0.39 is 10.9 Å². The van der Waals surface area contributed by atoms with Crippen LogP contribution in [0.4, 0.5) is 5.69 Å². The van der Waals surface area contributed by atoms with Gasteiger partial charge < -0.3 is 9.84 Å². The topological polar surface area (TPSA) is 103 Å². The van der Waals surface area contributed by atoms with Crippen LogP contribution in [-0.2, 0) is 0 Å². The lowest BCUT2D eigenvalue weighted by Crippen LogP contribution is -2.03. The number of pyridine rings is 1. The van der Waals surface area contributed by atoms with Gasteiger partial charge in [-0.2, -0.15) is 0 Å². The first-order chi connectivity index (χ1) is 9.09. The second-order valence-corrected chi connectivity index (χ2v) is 3.48. The number of aromatic carboxylic acids is 1. The third kappa shape index (κ3) is 2.65. The van der Waals surface area contributed by atoms with Gasteiger partial charge in [0, 0.05) is 12.3 Å². The molecule has 0 aliphatic rings. The Bertz CT molecular complexity index is 586. The maximum absolute atomic E-state index is 11.0. The predicted molar refractivity (Wildman–Crippen MR) is 64.4 cm³/mol. The molecule has 96 valence electrons. The van der Waals surface area contributed by atoms with Crippen molar-refractivity contribution in [2.75, 3.05) is 0 Å². The quantitative estimate of drug-likeness (QED) is 0.669. The Hall–Kier alpha value is -2.96. The van der Waals surface area contributed by atoms with Gasteiger partial charge in [0.25, 0.3) is 0 Å². The minimum atomic E-state index is -1.27. The molecule has 0 radical (unpaired) electrons. The van der Waals surface area contributed by atoms with Gasteiger partial charge in [-0.1, -0.05) is 12.1 Å². The van der Waals surface area contributed by atoms with Crippen molar-refractivity contribution < 1.29 is 19.6 Å². The van der Waals surface area contributed by atoms with Crippen molar-refractivity contribution in [1.29, 1.82) is 0 Å². The standard InChI is InChI=1S/C12H8N2O5/c15-12(16)11-10(6-3-7-13-11)19-9-5-2-1-4-8(9)14(17)18/h1-7H,(H,15,16). The summed E-state index contributed by atoms with van der Waals surface area (Å²) in [7, 11) is 0. The molecule has 2 rings (SSSR count). The molecular formula is C12H8N2O5. The van der Waals surface area contributed by atoms with Crippen molar-refractivity contribution in [2.45, 2.75) is 0 Å². The van der Waals surface area contributed by atoms with Gasteiger partial charge in [-0.15, -0.1) is 0 Å². The summed E-state index contributed by atoms with van der Waals surface area (Å²) in [6.45, 7) is 0. The summed E-state index contributed by atoms with van der Waals surface area (Å²) in [5.74, 6) is -1.36. The molecule has 7 nitrogen and oxygen atoms in total. The van der Waals surface area contributed by atoms with Gasteiger partial charge in [-0.25, -0.2) is 9.78 Å². The van der Waals surface area contributed by atoms with E-state index in [1.165, 1.54) is 36.5 Å². The Morgan fingerprint density at radius 1 is 1.21 bits per heavy atom. The summed E-state index contributed by atoms with van der Waals surface area (Å²) < 4.78 is 5.28. The fourth-order valence-electron chi connectivity index (χ4n) is 1.45. The Morgan fingerprint density at radius 3 is 2.58 bits per heavy atom. The fraction of sp³-hybridized carbons (Fsp3) is 0. The summed E-state index contributed by atoms with van der Waals surface area (Å²) in [5.41, 5.74) is -0.552. The lowest BCUT2D eigenvalue weighted by atomic mass is 10.3. The number of nitro benzene ring substituents is 1. The van der Waals surface area contributed by atoms with Gasteiger partial charge in [0.15, 0.2) is 11.4 Å². The SMILES string of the molecule is O=C(O)c1ncccc1Oc1ccccc1[N+](=O)[O-]. The monoisotopic (exact) mass is 260 g/mol. The highest BCUT2D eigenvalue weighted by atomic mass is 16.6. The molecule has 1 heterocycles. The summed E-state index contributed by atoms with van der Waals surface area (Å²) in [6.07, 6.45) is 1.30. The van der Waals surface area contributed by atoms with Crippen molar-refractivity contribution in [2.24, 2.45) is 0 Å². The van der Waals surface area contributed by atoms with Gasteiger partial charge >= 0.3 is 11.7 Å². The highest BCUT2D eigenvalue weighted by molar-refractivity contribution is 5.88. The second kappa shape index (κ2) is 5.13. The maximum atomic E-state index is 11.0. The van der Waals surface area contributed by atoms with E-state index in [1.54, 1.807) is 6.07 Å². The number of carboxylic acids is 1. The molecule has 1 N–H and O–H groups in total. The molecule has 19 heavy (non-hydrogen) atoms. The zero-order chi connectivity index (χ0) is 13.8. The molecule has 2 aromatic rings. The van der Waals surface area contributed by atoms with Crippen molar-refractivity contribution in [1.82, 2.24) is 4.98 Å². The fourth-order valence-corrected chi connectivity index (χ4v) is 1.45. The number of rotatable bonds is 4. The smallest absolute Gasteiger partial charge is 0.358 e. The van der Waals surface area contributed by atoms with E-state index in [0.29, 0.717) is 0 Å². The molecule has 0 saturated carbocycles. The van der Waals surface area contributed by atoms with Crippen molar-refractivity contribution in [3.63, 3.8) is 0 Å². The number of hydrogen-bond donors (Lipinski definition) is 1. The summed E-state index contributed by atoms with van der Waals surface area (Å²) in [5, 5.41) is 19.8. The molecule has 0 aliphatic carbocycles. The van der Waals surface area contributed by atoms with Crippen LogP contribution in [0.25, 0.3) is 0 Å². The van der Waals surface area contributed by atoms with Crippen LogP contribution < -0.4 is 4.74 Å². The number of ether oxygens (including phenoxy) is 1. The van der Waals surface area contributed by atoms with E-state index in [0.717, 1.165) is 0 Å². The molecule has 0 amide bonds. The summed E-state index contributed by atoms with van der Waals surface area (Å²) in [6, 6.07) is 8.57. The average Bonchev–Trinajstić information content (AvgIpc) is 2.39. The van der Waals surface area contributed by atoms with E-state index in [2.05, 4.69) is 4.98 Å². The minimum Gasteiger partial charge on any atom is -0.476 e. The average molecular weight is 260 g/mol. The minimum absolute atomic E-state index is 0.0389. The molecule has 1 aromatic carbocycles. The van der Waals surface area contributed by atoms with Crippen molar-refractivity contribution >= 4 is 11.7 Å². The number of nitrogens with zero attached hydrogens (tertiary/aromatic N) is 2. The van der Waals surface area contributed by atoms with E-state index in [-0.39, 0.29) is 22.9 Å². The van der Waals surface area contributed by atoms with Crippen LogP contribution in [0.1, 0.15) is 10.5 Å². The Morgan fingerprint density at radius 2 is 1.89 bits per heavy atom. The number of carboxylic acid groups (broad SMARTS) is 1. The largest absolute Gasteiger partial charge is 0.476 e. The van der Waals surface area contributed by atoms with Gasteiger partial charge in [0.05, 0.1) is 4.92 Å². The molecule has 0 atom stereocenters. The number of hydrogen-bond acceptors (Lipinski definition) is 5. The lowest BCUT2D eigenvalue weighted by Gasteiger charge is -2.07. The highest BCUT2D eigenvalue weighted by Gasteiger charge is 2.18. The Kier molecular flexibility index (Phi) is 3.37. The first-order valence-electron chi connectivity index (χ1n) is 5.19. The molecule has 0 unspecified atom stereocenters. The number of aromatic nitrogens is 1. The van der Waals surface area contributed by atoms with E-state index in [1.807, 2.05) is 0 Å². The normalized spacial score (nSPS) is 9.89. The van der Waals surface area contributed by atoms with Gasteiger partial charge in [0.1, 0.15) is 0 Å². The van der Waals surface area contributed by atoms with Crippen LogP contribution in [0, 0.1) is 10.1 Å². The van der Waals surface area contributed by atoms with Crippen molar-refractivity contribution in [3.8, 4) is 11.5 Å². The van der Waals surface area contributed by atoms with E-state index in [4.69, 9.17) is 9.84 Å². The van der Waals surface area contributed by atoms with Crippen LogP contribution >= 0.6 is 0 Å². The number of carbonyl (C=O) groups is 1. The number of para-hydroxylation sites is 2. The summed E-state index contributed by atoms with van der Waals surface area (Å²) in [4.78, 5) is 24.8. The van der Waals surface area contributed by atoms with Gasteiger partial charge in [0.2, 0.25) is 5.75 Å². The van der Waals surface area contributed by atoms with E-state index >= 15 is 0 Å². The molecule has 1 aromatic heterocycles. The zero-order valence-electron chi connectivity index (χ0n) is 9.52.